The van der Waals surface area contributed by atoms with Gasteiger partial charge in [0.2, 0.25) is 0 Å². The summed E-state index contributed by atoms with van der Waals surface area (Å²) in [4.78, 5) is 4.60. The highest BCUT2D eigenvalue weighted by atomic mass is 19.1. The molecule has 1 aromatic carbocycles. The van der Waals surface area contributed by atoms with Gasteiger partial charge in [-0.3, -0.25) is 0 Å². The molecule has 0 radical (unpaired) electrons. The van der Waals surface area contributed by atoms with Gasteiger partial charge in [-0.05, 0) is 41.5 Å². The quantitative estimate of drug-likeness (QED) is 0.707. The monoisotopic (exact) mass is 383 g/mol. The molecule has 3 aromatic rings. The van der Waals surface area contributed by atoms with E-state index in [9.17, 15) is 4.39 Å². The second-order valence-electron chi connectivity index (χ2n) is 6.75. The van der Waals surface area contributed by atoms with Crippen LogP contribution in [0.5, 0.6) is 0 Å². The summed E-state index contributed by atoms with van der Waals surface area (Å²) in [7, 11) is 3.70. The van der Waals surface area contributed by atoms with Gasteiger partial charge in [0.1, 0.15) is 17.5 Å². The maximum Gasteiger partial charge on any atom is 0.141 e. The Morgan fingerprint density at radius 1 is 1.28 bits per heavy atom. The molecule has 29 heavy (non-hydrogen) atoms. The number of hydrogen-bond acceptors (Lipinski definition) is 4. The van der Waals surface area contributed by atoms with E-state index in [1.165, 1.54) is 12.1 Å². The number of aryl methyl sites for hydroxylation is 1. The molecular formula is C23H18FN5. The number of aromatic nitrogens is 2. The van der Waals surface area contributed by atoms with E-state index in [0.717, 1.165) is 33.3 Å². The number of nitrogens with one attached hydrogen (secondary N) is 2. The Morgan fingerprint density at radius 2 is 2.10 bits per heavy atom. The Bertz CT molecular complexity index is 1280. The first-order valence-corrected chi connectivity index (χ1v) is 9.04. The van der Waals surface area contributed by atoms with Crippen LogP contribution < -0.4 is 5.32 Å². The molecule has 1 aliphatic rings. The number of pyridine rings is 1. The average molecular weight is 383 g/mol. The summed E-state index contributed by atoms with van der Waals surface area (Å²) in [5.74, 6) is -0.553. The third kappa shape index (κ3) is 3.13. The molecule has 0 bridgehead atoms. The van der Waals surface area contributed by atoms with Crippen LogP contribution in [0.3, 0.4) is 0 Å². The normalized spacial score (nSPS) is 14.9. The highest BCUT2D eigenvalue weighted by Crippen LogP contribution is 2.37. The van der Waals surface area contributed by atoms with Crippen LogP contribution in [0.1, 0.15) is 11.1 Å². The third-order valence-corrected chi connectivity index (χ3v) is 4.94. The summed E-state index contributed by atoms with van der Waals surface area (Å²) in [6, 6.07) is 8.47. The van der Waals surface area contributed by atoms with Gasteiger partial charge in [0.25, 0.3) is 0 Å². The van der Waals surface area contributed by atoms with Crippen LogP contribution in [-0.2, 0) is 7.05 Å². The number of hydrogen-bond donors (Lipinski definition) is 2. The minimum absolute atomic E-state index is 0.0122. The van der Waals surface area contributed by atoms with Crippen molar-refractivity contribution in [3.63, 3.8) is 0 Å². The predicted molar refractivity (Wildman–Crippen MR) is 113 cm³/mol. The van der Waals surface area contributed by atoms with E-state index < -0.39 is 5.82 Å². The van der Waals surface area contributed by atoms with E-state index in [4.69, 9.17) is 10.7 Å². The van der Waals surface area contributed by atoms with Crippen molar-refractivity contribution in [3.05, 3.63) is 83.6 Å². The highest BCUT2D eigenvalue weighted by Gasteiger charge is 2.18. The first kappa shape index (κ1) is 18.4. The van der Waals surface area contributed by atoms with Gasteiger partial charge in [0.15, 0.2) is 0 Å². The molecule has 0 aliphatic heterocycles. The molecule has 5 nitrogen and oxygen atoms in total. The van der Waals surface area contributed by atoms with Gasteiger partial charge < -0.3 is 15.3 Å². The molecule has 2 heterocycles. The van der Waals surface area contributed by atoms with Gasteiger partial charge in [0.05, 0.1) is 11.3 Å². The van der Waals surface area contributed by atoms with Crippen molar-refractivity contribution in [1.82, 2.24) is 14.9 Å². The topological polar surface area (TPSA) is 77.5 Å². The van der Waals surface area contributed by atoms with Crippen molar-refractivity contribution in [3.8, 4) is 17.2 Å². The van der Waals surface area contributed by atoms with Crippen molar-refractivity contribution in [2.75, 3.05) is 7.05 Å². The number of halogens is 1. The number of allylic oxidation sites excluding steroid dienone is 5. The lowest BCUT2D eigenvalue weighted by atomic mass is 9.89. The fourth-order valence-corrected chi connectivity index (χ4v) is 3.51. The lowest BCUT2D eigenvalue weighted by Crippen LogP contribution is -2.06. The second-order valence-corrected chi connectivity index (χ2v) is 6.75. The first-order chi connectivity index (χ1) is 14.0. The van der Waals surface area contributed by atoms with E-state index in [2.05, 4.69) is 10.3 Å². The van der Waals surface area contributed by atoms with E-state index in [1.54, 1.807) is 31.6 Å². The number of fused-ring (bicyclic) bond motifs is 1. The zero-order valence-corrected chi connectivity index (χ0v) is 16.0. The van der Waals surface area contributed by atoms with Crippen LogP contribution >= 0.6 is 0 Å². The number of nitriles is 1. The molecule has 6 heteroatoms. The van der Waals surface area contributed by atoms with Gasteiger partial charge >= 0.3 is 0 Å². The fraction of sp³-hybridized carbons (Fsp3) is 0.0870. The van der Waals surface area contributed by atoms with Gasteiger partial charge in [0, 0.05) is 54.8 Å². The van der Waals surface area contributed by atoms with Crippen molar-refractivity contribution in [2.24, 2.45) is 7.05 Å². The van der Waals surface area contributed by atoms with E-state index in [-0.39, 0.29) is 5.56 Å². The van der Waals surface area contributed by atoms with Gasteiger partial charge in [-0.15, -0.1) is 0 Å². The number of rotatable bonds is 3. The Morgan fingerprint density at radius 3 is 2.83 bits per heavy atom. The molecule has 2 aromatic heterocycles. The van der Waals surface area contributed by atoms with Gasteiger partial charge in [-0.1, -0.05) is 12.1 Å². The molecule has 142 valence electrons. The molecule has 4 rings (SSSR count). The molecule has 0 fully saturated rings. The van der Waals surface area contributed by atoms with Crippen LogP contribution in [0.15, 0.2) is 66.7 Å². The van der Waals surface area contributed by atoms with Crippen molar-refractivity contribution in [2.45, 2.75) is 0 Å². The van der Waals surface area contributed by atoms with Crippen molar-refractivity contribution >= 4 is 22.3 Å². The Balaban J connectivity index is 2.00. The van der Waals surface area contributed by atoms with Gasteiger partial charge in [-0.2, -0.15) is 5.26 Å². The van der Waals surface area contributed by atoms with Crippen LogP contribution in [0.4, 0.5) is 4.39 Å². The summed E-state index contributed by atoms with van der Waals surface area (Å²) in [5.41, 5.74) is 5.17. The molecule has 0 saturated carbocycles. The maximum atomic E-state index is 14.4. The number of nitrogens with zero attached hydrogens (tertiary/aromatic N) is 3. The van der Waals surface area contributed by atoms with Crippen LogP contribution in [0, 0.1) is 22.6 Å². The smallest absolute Gasteiger partial charge is 0.141 e. The van der Waals surface area contributed by atoms with Crippen LogP contribution in [0.2, 0.25) is 0 Å². The zero-order valence-electron chi connectivity index (χ0n) is 16.0. The van der Waals surface area contributed by atoms with E-state index in [1.807, 2.05) is 42.1 Å². The summed E-state index contributed by atoms with van der Waals surface area (Å²) < 4.78 is 16.3. The number of benzene rings is 1. The Hall–Kier alpha value is -3.98. The molecular weight excluding hydrogens is 365 g/mol. The molecule has 0 amide bonds. The van der Waals surface area contributed by atoms with Crippen LogP contribution in [-0.4, -0.2) is 22.3 Å². The summed E-state index contributed by atoms with van der Waals surface area (Å²) in [6.07, 6.45) is 11.0. The predicted octanol–water partition coefficient (Wildman–Crippen LogP) is 4.33. The molecule has 0 atom stereocenters. The fourth-order valence-electron chi connectivity index (χ4n) is 3.51. The molecule has 0 unspecified atom stereocenters. The average Bonchev–Trinajstić information content (AvgIpc) is 3.10. The molecule has 0 spiro atoms. The van der Waals surface area contributed by atoms with Gasteiger partial charge in [-0.25, -0.2) is 9.37 Å². The lowest BCUT2D eigenvalue weighted by Gasteiger charge is -2.16. The minimum Gasteiger partial charge on any atom is -0.393 e. The Kier molecular flexibility index (Phi) is 4.57. The SMILES string of the molecule is CN/C=C1/C=C(c2cnc3c(ccn3C)c2-c2ccc(C#N)c(F)c2)C=CC1=N. The molecule has 1 aliphatic carbocycles. The first-order valence-electron chi connectivity index (χ1n) is 9.04. The molecule has 0 saturated heterocycles. The third-order valence-electron chi connectivity index (χ3n) is 4.94. The summed E-state index contributed by atoms with van der Waals surface area (Å²) in [6.45, 7) is 0. The van der Waals surface area contributed by atoms with Crippen LogP contribution in [0.25, 0.3) is 27.7 Å². The van der Waals surface area contributed by atoms with E-state index in [0.29, 0.717) is 11.3 Å². The minimum atomic E-state index is -0.553. The standard InChI is InChI=1S/C23H18FN5/c1-27-12-17-9-14(5-6-21(17)26)19-13-28-23-18(7-8-29(23)2)22(19)15-3-4-16(11-25)20(24)10-15/h3-10,12-13,26-27H,1-2H3/b17-12-,26-21?. The Labute approximate surface area is 167 Å². The molecule has 2 N–H and O–H groups in total. The largest absolute Gasteiger partial charge is 0.393 e. The summed E-state index contributed by atoms with van der Waals surface area (Å²) in [5, 5.41) is 21.0. The van der Waals surface area contributed by atoms with E-state index >= 15 is 0 Å². The second kappa shape index (κ2) is 7.21. The summed E-state index contributed by atoms with van der Waals surface area (Å²) >= 11 is 0. The van der Waals surface area contributed by atoms with Crippen molar-refractivity contribution in [1.29, 1.82) is 10.7 Å². The van der Waals surface area contributed by atoms with Crippen molar-refractivity contribution < 1.29 is 4.39 Å². The maximum absolute atomic E-state index is 14.4. The lowest BCUT2D eigenvalue weighted by molar-refractivity contribution is 0.624. The zero-order chi connectivity index (χ0) is 20.5. The highest BCUT2D eigenvalue weighted by molar-refractivity contribution is 6.14.